The molecule has 0 aliphatic carbocycles. The maximum atomic E-state index is 13.9. The molecule has 0 radical (unpaired) electrons. The number of carbonyl (C=O) groups is 1. The molecule has 29 heavy (non-hydrogen) atoms. The molecule has 0 aromatic heterocycles. The molecule has 1 amide bonds. The zero-order valence-corrected chi connectivity index (χ0v) is 15.6. The fourth-order valence-corrected chi connectivity index (χ4v) is 4.45. The molecule has 1 fully saturated rings. The third-order valence-electron chi connectivity index (χ3n) is 4.47. The molecule has 1 saturated heterocycles. The first-order chi connectivity index (χ1) is 13.5. The molecule has 0 bridgehead atoms. The second kappa shape index (κ2) is 7.71. The fourth-order valence-electron chi connectivity index (χ4n) is 2.96. The van der Waals surface area contributed by atoms with Crippen molar-refractivity contribution < 1.29 is 35.2 Å². The fraction of sp³-hybridized carbons (Fsp3) is 0.278. The Balaban J connectivity index is 1.74. The summed E-state index contributed by atoms with van der Waals surface area (Å²) in [5.41, 5.74) is -1.14. The number of alkyl halides is 3. The normalized spacial score (nSPS) is 16.1. The molecular formula is C18H15F5N2O3S. The lowest BCUT2D eigenvalue weighted by molar-refractivity contribution is -0.137. The van der Waals surface area contributed by atoms with Crippen LogP contribution in [0.1, 0.15) is 15.9 Å². The van der Waals surface area contributed by atoms with Gasteiger partial charge in [0.15, 0.2) is 0 Å². The van der Waals surface area contributed by atoms with Crippen molar-refractivity contribution in [2.45, 2.75) is 11.1 Å². The Hall–Kier alpha value is -2.53. The van der Waals surface area contributed by atoms with Gasteiger partial charge in [-0.1, -0.05) is 6.07 Å². The summed E-state index contributed by atoms with van der Waals surface area (Å²) in [5, 5.41) is 0. The van der Waals surface area contributed by atoms with Gasteiger partial charge in [-0.2, -0.15) is 17.5 Å². The van der Waals surface area contributed by atoms with Crippen molar-refractivity contribution in [1.82, 2.24) is 9.21 Å². The van der Waals surface area contributed by atoms with E-state index in [1.165, 1.54) is 11.0 Å². The van der Waals surface area contributed by atoms with E-state index in [2.05, 4.69) is 0 Å². The minimum Gasteiger partial charge on any atom is -0.336 e. The second-order valence-corrected chi connectivity index (χ2v) is 8.26. The Morgan fingerprint density at radius 2 is 1.59 bits per heavy atom. The predicted molar refractivity (Wildman–Crippen MR) is 92.5 cm³/mol. The van der Waals surface area contributed by atoms with Crippen LogP contribution in [0.15, 0.2) is 47.4 Å². The van der Waals surface area contributed by atoms with Gasteiger partial charge in [-0.3, -0.25) is 4.79 Å². The van der Waals surface area contributed by atoms with Crippen LogP contribution in [0.25, 0.3) is 0 Å². The van der Waals surface area contributed by atoms with E-state index in [1.807, 2.05) is 0 Å². The minimum atomic E-state index is -4.60. The van der Waals surface area contributed by atoms with E-state index >= 15 is 0 Å². The molecule has 0 spiro atoms. The van der Waals surface area contributed by atoms with Crippen LogP contribution in [0.5, 0.6) is 0 Å². The van der Waals surface area contributed by atoms with Crippen molar-refractivity contribution in [1.29, 1.82) is 0 Å². The van der Waals surface area contributed by atoms with Crippen LogP contribution in [0.3, 0.4) is 0 Å². The summed E-state index contributed by atoms with van der Waals surface area (Å²) in [7, 11) is -4.32. The molecule has 156 valence electrons. The highest BCUT2D eigenvalue weighted by Crippen LogP contribution is 2.30. The van der Waals surface area contributed by atoms with E-state index in [0.717, 1.165) is 28.6 Å². The van der Waals surface area contributed by atoms with Gasteiger partial charge in [0.2, 0.25) is 10.0 Å². The van der Waals surface area contributed by atoms with Crippen LogP contribution < -0.4 is 0 Å². The summed E-state index contributed by atoms with van der Waals surface area (Å²) in [4.78, 5) is 12.9. The molecule has 5 nitrogen and oxygen atoms in total. The Morgan fingerprint density at radius 1 is 0.931 bits per heavy atom. The first-order valence-corrected chi connectivity index (χ1v) is 9.86. The number of carbonyl (C=O) groups excluding carboxylic acids is 1. The van der Waals surface area contributed by atoms with Gasteiger partial charge in [0.05, 0.1) is 5.56 Å². The predicted octanol–water partition coefficient (Wildman–Crippen LogP) is 3.13. The number of rotatable bonds is 3. The molecule has 3 rings (SSSR count). The third kappa shape index (κ3) is 4.40. The molecule has 0 atom stereocenters. The lowest BCUT2D eigenvalue weighted by atomic mass is 10.1. The first kappa shape index (κ1) is 21.2. The Labute approximate surface area is 163 Å². The molecule has 1 aliphatic heterocycles. The number of piperazine rings is 1. The van der Waals surface area contributed by atoms with E-state index < -0.39 is 44.2 Å². The molecule has 2 aromatic rings. The van der Waals surface area contributed by atoms with Crippen molar-refractivity contribution in [2.75, 3.05) is 26.2 Å². The van der Waals surface area contributed by atoms with Crippen LogP contribution in [0, 0.1) is 11.6 Å². The van der Waals surface area contributed by atoms with Gasteiger partial charge in [-0.05, 0) is 36.4 Å². The maximum absolute atomic E-state index is 13.9. The number of benzene rings is 2. The van der Waals surface area contributed by atoms with Crippen molar-refractivity contribution in [3.05, 3.63) is 65.2 Å². The van der Waals surface area contributed by atoms with Gasteiger partial charge in [0, 0.05) is 31.7 Å². The zero-order chi connectivity index (χ0) is 21.4. The van der Waals surface area contributed by atoms with Gasteiger partial charge in [-0.25, -0.2) is 17.2 Å². The Kier molecular flexibility index (Phi) is 5.63. The van der Waals surface area contributed by atoms with Gasteiger partial charge in [0.1, 0.15) is 16.5 Å². The molecule has 0 saturated carbocycles. The summed E-state index contributed by atoms with van der Waals surface area (Å²) in [6.07, 6.45) is -4.60. The zero-order valence-electron chi connectivity index (χ0n) is 14.8. The number of hydrogen-bond donors (Lipinski definition) is 0. The first-order valence-electron chi connectivity index (χ1n) is 8.42. The standard InChI is InChI=1S/C18H15F5N2O3S/c19-14-4-5-15(20)16(11-14)29(27,28)25-8-6-24(7-9-25)17(26)12-2-1-3-13(10-12)18(21,22)23/h1-5,10-11H,6-9H2. The number of nitrogens with zero attached hydrogens (tertiary/aromatic N) is 2. The molecule has 1 aliphatic rings. The summed E-state index contributed by atoms with van der Waals surface area (Å²) in [6, 6.07) is 6.00. The van der Waals surface area contributed by atoms with E-state index in [9.17, 15) is 35.2 Å². The van der Waals surface area contributed by atoms with Crippen molar-refractivity contribution >= 4 is 15.9 Å². The van der Waals surface area contributed by atoms with Crippen LogP contribution in [0.4, 0.5) is 22.0 Å². The molecule has 1 heterocycles. The maximum Gasteiger partial charge on any atom is 0.416 e. The van der Waals surface area contributed by atoms with Gasteiger partial charge in [0.25, 0.3) is 5.91 Å². The highest BCUT2D eigenvalue weighted by atomic mass is 32.2. The Bertz CT molecular complexity index is 1030. The van der Waals surface area contributed by atoms with Crippen LogP contribution in [0.2, 0.25) is 0 Å². The smallest absolute Gasteiger partial charge is 0.336 e. The quantitative estimate of drug-likeness (QED) is 0.698. The highest BCUT2D eigenvalue weighted by molar-refractivity contribution is 7.89. The van der Waals surface area contributed by atoms with Gasteiger partial charge >= 0.3 is 6.18 Å². The topological polar surface area (TPSA) is 57.7 Å². The molecule has 0 N–H and O–H groups in total. The number of sulfonamides is 1. The second-order valence-electron chi connectivity index (χ2n) is 6.35. The van der Waals surface area contributed by atoms with Gasteiger partial charge < -0.3 is 4.90 Å². The molecule has 0 unspecified atom stereocenters. The van der Waals surface area contributed by atoms with Crippen molar-refractivity contribution in [2.24, 2.45) is 0 Å². The molecular weight excluding hydrogens is 419 g/mol. The summed E-state index contributed by atoms with van der Waals surface area (Å²) >= 11 is 0. The molecule has 11 heteroatoms. The summed E-state index contributed by atoms with van der Waals surface area (Å²) in [6.45, 7) is -0.623. The monoisotopic (exact) mass is 434 g/mol. The van der Waals surface area contributed by atoms with Gasteiger partial charge in [-0.15, -0.1) is 0 Å². The third-order valence-corrected chi connectivity index (χ3v) is 6.39. The largest absolute Gasteiger partial charge is 0.416 e. The van der Waals surface area contributed by atoms with E-state index in [4.69, 9.17) is 0 Å². The van der Waals surface area contributed by atoms with E-state index in [1.54, 1.807) is 0 Å². The van der Waals surface area contributed by atoms with Crippen molar-refractivity contribution in [3.8, 4) is 0 Å². The van der Waals surface area contributed by atoms with Crippen LogP contribution in [-0.2, 0) is 16.2 Å². The molecule has 2 aromatic carbocycles. The van der Waals surface area contributed by atoms with Crippen LogP contribution in [-0.4, -0.2) is 49.7 Å². The summed E-state index contributed by atoms with van der Waals surface area (Å²) in [5.74, 6) is -2.69. The lowest BCUT2D eigenvalue weighted by Crippen LogP contribution is -2.50. The average molecular weight is 434 g/mol. The van der Waals surface area contributed by atoms with Crippen LogP contribution >= 0.6 is 0 Å². The number of halogens is 5. The minimum absolute atomic E-state index is 0.106. The van der Waals surface area contributed by atoms with E-state index in [-0.39, 0.29) is 31.7 Å². The lowest BCUT2D eigenvalue weighted by Gasteiger charge is -2.34. The number of hydrogen-bond acceptors (Lipinski definition) is 3. The SMILES string of the molecule is O=C(c1cccc(C(F)(F)F)c1)N1CCN(S(=O)(=O)c2cc(F)ccc2F)CC1. The van der Waals surface area contributed by atoms with E-state index in [0.29, 0.717) is 12.1 Å². The van der Waals surface area contributed by atoms with Crippen molar-refractivity contribution in [3.63, 3.8) is 0 Å². The average Bonchev–Trinajstić information content (AvgIpc) is 2.68. The Morgan fingerprint density at radius 3 is 2.21 bits per heavy atom. The number of amides is 1. The highest BCUT2D eigenvalue weighted by Gasteiger charge is 2.34. The summed E-state index contributed by atoms with van der Waals surface area (Å²) < 4.78 is 91.7.